The molecule has 2 fully saturated rings. The summed E-state index contributed by atoms with van der Waals surface area (Å²) < 4.78 is 16.1. The topological polar surface area (TPSA) is 62.3 Å². The van der Waals surface area contributed by atoms with Crippen LogP contribution in [0.25, 0.3) is 0 Å². The summed E-state index contributed by atoms with van der Waals surface area (Å²) in [5.41, 5.74) is 1.51. The molecule has 2 aliphatic rings. The molecule has 1 aliphatic heterocycles. The first-order chi connectivity index (χ1) is 10.0. The third kappa shape index (κ3) is 3.45. The molecule has 1 saturated carbocycles. The van der Waals surface area contributed by atoms with E-state index in [0.717, 1.165) is 10.7 Å². The van der Waals surface area contributed by atoms with E-state index in [1.807, 2.05) is 11.8 Å². The van der Waals surface area contributed by atoms with Gasteiger partial charge in [0.05, 0.1) is 11.3 Å². The number of carbonyl (C=O) groups is 1. The number of rotatable bonds is 3. The maximum Gasteiger partial charge on any atom is 0.258 e. The number of amides is 1. The highest BCUT2D eigenvalue weighted by Crippen LogP contribution is 2.32. The molecule has 0 radical (unpaired) electrons. The second-order valence-corrected chi connectivity index (χ2v) is 8.45. The lowest BCUT2D eigenvalue weighted by Crippen LogP contribution is -2.35. The van der Waals surface area contributed by atoms with Gasteiger partial charge in [-0.05, 0) is 37.2 Å². The molecule has 2 heterocycles. The molecule has 1 aromatic rings. The van der Waals surface area contributed by atoms with Gasteiger partial charge in [-0.15, -0.1) is 0 Å². The summed E-state index contributed by atoms with van der Waals surface area (Å²) in [6, 6.07) is 0.506. The molecule has 0 aromatic carbocycles. The Bertz CT molecular complexity index is 569. The van der Waals surface area contributed by atoms with Crippen molar-refractivity contribution in [3.8, 4) is 0 Å². The van der Waals surface area contributed by atoms with E-state index in [1.54, 1.807) is 0 Å². The van der Waals surface area contributed by atoms with E-state index in [-0.39, 0.29) is 11.8 Å². The van der Waals surface area contributed by atoms with Gasteiger partial charge in [-0.25, -0.2) is 0 Å². The summed E-state index contributed by atoms with van der Waals surface area (Å²) in [4.78, 5) is 14.7. The van der Waals surface area contributed by atoms with E-state index in [9.17, 15) is 9.00 Å². The number of nitrogens with zero attached hydrogens (tertiary/aromatic N) is 2. The van der Waals surface area contributed by atoms with Crippen molar-refractivity contribution in [1.29, 1.82) is 0 Å². The quantitative estimate of drug-likeness (QED) is 0.920. The first-order valence-corrected chi connectivity index (χ1v) is 9.67. The summed E-state index contributed by atoms with van der Waals surface area (Å²) in [5.74, 6) is 1.59. The Morgan fingerprint density at radius 2 is 2.24 bits per heavy atom. The van der Waals surface area contributed by atoms with Gasteiger partial charge in [-0.1, -0.05) is 6.92 Å². The number of nitrogens with one attached hydrogen (secondary N) is 1. The average Bonchev–Trinajstić information content (AvgIpc) is 3.18. The third-order valence-corrected chi connectivity index (χ3v) is 6.32. The Morgan fingerprint density at radius 3 is 2.95 bits per heavy atom. The van der Waals surface area contributed by atoms with E-state index in [1.165, 1.54) is 24.4 Å². The molecule has 0 bridgehead atoms. The lowest BCUT2D eigenvalue weighted by atomic mass is 10.1. The van der Waals surface area contributed by atoms with Crippen LogP contribution in [0.3, 0.4) is 0 Å². The molecule has 2 unspecified atom stereocenters. The smallest absolute Gasteiger partial charge is 0.258 e. The maximum absolute atomic E-state index is 12.9. The van der Waals surface area contributed by atoms with Gasteiger partial charge in [-0.3, -0.25) is 9.00 Å². The van der Waals surface area contributed by atoms with E-state index >= 15 is 0 Å². The fraction of sp³-hybridized carbons (Fsp3) is 0.714. The van der Waals surface area contributed by atoms with Crippen molar-refractivity contribution in [3.63, 3.8) is 0 Å². The van der Waals surface area contributed by atoms with Crippen LogP contribution in [0.1, 0.15) is 35.8 Å². The van der Waals surface area contributed by atoms with Crippen molar-refractivity contribution in [2.75, 3.05) is 29.9 Å². The summed E-state index contributed by atoms with van der Waals surface area (Å²) in [6.07, 6.45) is 2.34. The predicted octanol–water partition coefficient (Wildman–Crippen LogP) is 1.87. The maximum atomic E-state index is 12.9. The summed E-state index contributed by atoms with van der Waals surface area (Å²) >= 11 is 1.37. The Morgan fingerprint density at radius 1 is 1.48 bits per heavy atom. The molecule has 2 atom stereocenters. The van der Waals surface area contributed by atoms with Gasteiger partial charge in [0.1, 0.15) is 5.00 Å². The van der Waals surface area contributed by atoms with Crippen molar-refractivity contribution in [2.24, 2.45) is 5.92 Å². The number of anilines is 1. The first-order valence-electron chi connectivity index (χ1n) is 7.41. The molecule has 1 amide bonds. The van der Waals surface area contributed by atoms with Crippen LogP contribution in [0.5, 0.6) is 0 Å². The van der Waals surface area contributed by atoms with E-state index in [4.69, 9.17) is 0 Å². The standard InChI is InChI=1S/C14H21N3O2S2/c1-9-7-17(5-6-21(19)8-9)14(18)12-10(2)16-20-13(12)15-11-3-4-11/h9,11,15H,3-8H2,1-2H3. The summed E-state index contributed by atoms with van der Waals surface area (Å²) in [7, 11) is -0.804. The van der Waals surface area contributed by atoms with Gasteiger partial charge >= 0.3 is 0 Å². The number of aryl methyl sites for hydroxylation is 1. The lowest BCUT2D eigenvalue weighted by molar-refractivity contribution is 0.0752. The van der Waals surface area contributed by atoms with E-state index in [2.05, 4.69) is 16.6 Å². The molecular formula is C14H21N3O2S2. The van der Waals surface area contributed by atoms with Gasteiger partial charge in [-0.2, -0.15) is 4.37 Å². The zero-order chi connectivity index (χ0) is 15.0. The lowest BCUT2D eigenvalue weighted by Gasteiger charge is -2.22. The molecule has 1 saturated heterocycles. The summed E-state index contributed by atoms with van der Waals surface area (Å²) in [5, 5.41) is 4.31. The van der Waals surface area contributed by atoms with Crippen LogP contribution in [-0.4, -0.2) is 50.0 Å². The molecular weight excluding hydrogens is 306 g/mol. The van der Waals surface area contributed by atoms with Gasteiger partial charge < -0.3 is 10.2 Å². The summed E-state index contributed by atoms with van der Waals surface area (Å²) in [6.45, 7) is 5.21. The van der Waals surface area contributed by atoms with Crippen LogP contribution >= 0.6 is 11.5 Å². The van der Waals surface area contributed by atoms with Crippen molar-refractivity contribution < 1.29 is 9.00 Å². The largest absolute Gasteiger partial charge is 0.372 e. The van der Waals surface area contributed by atoms with Crippen LogP contribution in [0.2, 0.25) is 0 Å². The molecule has 21 heavy (non-hydrogen) atoms. The highest BCUT2D eigenvalue weighted by molar-refractivity contribution is 7.85. The molecule has 116 valence electrons. The Hall–Kier alpha value is -0.950. The van der Waals surface area contributed by atoms with Gasteiger partial charge in [0, 0.05) is 41.4 Å². The van der Waals surface area contributed by atoms with Gasteiger partial charge in [0.15, 0.2) is 0 Å². The van der Waals surface area contributed by atoms with E-state index in [0.29, 0.717) is 36.2 Å². The van der Waals surface area contributed by atoms with Crippen LogP contribution in [0.15, 0.2) is 0 Å². The van der Waals surface area contributed by atoms with E-state index < -0.39 is 10.8 Å². The zero-order valence-electron chi connectivity index (χ0n) is 12.4. The number of aromatic nitrogens is 1. The second kappa shape index (κ2) is 6.04. The minimum Gasteiger partial charge on any atom is -0.372 e. The highest BCUT2D eigenvalue weighted by atomic mass is 32.2. The molecule has 1 aliphatic carbocycles. The minimum absolute atomic E-state index is 0.0372. The van der Waals surface area contributed by atoms with Crippen molar-refractivity contribution in [3.05, 3.63) is 11.3 Å². The number of carbonyl (C=O) groups excluding carboxylic acids is 1. The SMILES string of the molecule is Cc1nsc(NC2CC2)c1C(=O)N1CCS(=O)CC(C)C1. The van der Waals surface area contributed by atoms with Crippen molar-refractivity contribution in [2.45, 2.75) is 32.7 Å². The molecule has 5 nitrogen and oxygen atoms in total. The number of hydrogen-bond acceptors (Lipinski definition) is 5. The Balaban J connectivity index is 1.80. The average molecular weight is 327 g/mol. The van der Waals surface area contributed by atoms with Crippen LogP contribution in [-0.2, 0) is 10.8 Å². The van der Waals surface area contributed by atoms with Gasteiger partial charge in [0.25, 0.3) is 5.91 Å². The fourth-order valence-corrected chi connectivity index (χ4v) is 4.80. The van der Waals surface area contributed by atoms with Crippen LogP contribution in [0, 0.1) is 12.8 Å². The van der Waals surface area contributed by atoms with Gasteiger partial charge in [0.2, 0.25) is 0 Å². The minimum atomic E-state index is -0.804. The second-order valence-electron chi connectivity index (χ2n) is 6.06. The molecule has 1 N–H and O–H groups in total. The normalized spacial score (nSPS) is 26.5. The fourth-order valence-electron chi connectivity index (χ4n) is 2.61. The highest BCUT2D eigenvalue weighted by Gasteiger charge is 2.30. The molecule has 0 spiro atoms. The van der Waals surface area contributed by atoms with Crippen molar-refractivity contribution >= 4 is 33.2 Å². The van der Waals surface area contributed by atoms with Crippen LogP contribution < -0.4 is 5.32 Å². The monoisotopic (exact) mass is 327 g/mol. The molecule has 3 rings (SSSR count). The first kappa shape index (κ1) is 15.0. The van der Waals surface area contributed by atoms with Crippen molar-refractivity contribution in [1.82, 2.24) is 9.27 Å². The molecule has 1 aromatic heterocycles. The molecule has 7 heteroatoms. The predicted molar refractivity (Wildman–Crippen MR) is 86.4 cm³/mol. The third-order valence-electron chi connectivity index (χ3n) is 3.87. The zero-order valence-corrected chi connectivity index (χ0v) is 14.1. The van der Waals surface area contributed by atoms with Crippen LogP contribution in [0.4, 0.5) is 5.00 Å². The Labute approximate surface area is 131 Å². The number of hydrogen-bond donors (Lipinski definition) is 1. The Kier molecular flexibility index (Phi) is 4.31.